The predicted octanol–water partition coefficient (Wildman–Crippen LogP) is 2.07. The highest BCUT2D eigenvalue weighted by atomic mass is 79.9. The van der Waals surface area contributed by atoms with Crippen molar-refractivity contribution in [1.29, 1.82) is 0 Å². The first kappa shape index (κ1) is 19.4. The van der Waals surface area contributed by atoms with E-state index in [1.807, 2.05) is 0 Å². The molecule has 2 unspecified atom stereocenters. The summed E-state index contributed by atoms with van der Waals surface area (Å²) in [6.45, 7) is 0. The maximum absolute atomic E-state index is 11.1. The second-order valence-corrected chi connectivity index (χ2v) is 5.76. The van der Waals surface area contributed by atoms with Gasteiger partial charge in [-0.1, -0.05) is 31.9 Å². The quantitative estimate of drug-likeness (QED) is 0.675. The molecule has 2 N–H and O–H groups in total. The van der Waals surface area contributed by atoms with Gasteiger partial charge in [0.1, 0.15) is 0 Å². The number of alkyl halides is 1. The Labute approximate surface area is 127 Å². The minimum atomic E-state index is -1.50. The molecule has 0 bridgehead atoms. The highest BCUT2D eigenvalue weighted by molar-refractivity contribution is 9.12. The fourth-order valence-electron chi connectivity index (χ4n) is 1.57. The van der Waals surface area contributed by atoms with E-state index in [0.717, 1.165) is 0 Å². The number of nitrogens with zero attached hydrogens (tertiary/aromatic N) is 1. The van der Waals surface area contributed by atoms with E-state index < -0.39 is 22.3 Å². The molecule has 0 aliphatic carbocycles. The van der Waals surface area contributed by atoms with E-state index >= 15 is 0 Å². The highest BCUT2D eigenvalue weighted by Gasteiger charge is 2.52. The van der Waals surface area contributed by atoms with E-state index in [1.165, 1.54) is 11.9 Å². The number of carboxylic acids is 2. The molecule has 0 saturated carbocycles. The Kier molecular flexibility index (Phi) is 7.77. The molecule has 0 aromatic rings. The average molecular weight is 416 g/mol. The van der Waals surface area contributed by atoms with Gasteiger partial charge in [0, 0.05) is 24.2 Å². The number of rotatable bonds is 2. The lowest BCUT2D eigenvalue weighted by atomic mass is 9.92. The minimum Gasteiger partial charge on any atom is -0.480 e. The number of aliphatic carboxylic acids is 2. The van der Waals surface area contributed by atoms with Crippen LogP contribution in [0, 0.1) is 0 Å². The van der Waals surface area contributed by atoms with Gasteiger partial charge in [-0.25, -0.2) is 4.79 Å². The molecule has 0 amide bonds. The second-order valence-electron chi connectivity index (χ2n) is 3.33. The van der Waals surface area contributed by atoms with E-state index in [4.69, 9.17) is 10.2 Å². The first-order valence-electron chi connectivity index (χ1n) is 4.02. The van der Waals surface area contributed by atoms with Crippen LogP contribution in [0.3, 0.4) is 0 Å². The average Bonchev–Trinajstić information content (AvgIpc) is 2.00. The van der Waals surface area contributed by atoms with Crippen LogP contribution in [0.25, 0.3) is 0 Å². The van der Waals surface area contributed by atoms with Crippen LogP contribution in [-0.4, -0.2) is 44.5 Å². The monoisotopic (exact) mass is 413 g/mol. The van der Waals surface area contributed by atoms with Crippen LogP contribution >= 0.6 is 56.7 Å². The fourth-order valence-corrected chi connectivity index (χ4v) is 3.53. The van der Waals surface area contributed by atoms with Crippen LogP contribution in [0.1, 0.15) is 6.42 Å². The van der Waals surface area contributed by atoms with Crippen molar-refractivity contribution in [2.45, 2.75) is 16.8 Å². The number of halogens is 4. The third-order valence-corrected chi connectivity index (χ3v) is 3.74. The number of carboxylic acid groups (broad SMARTS) is 2. The number of carbonyl (C=O) groups is 2. The van der Waals surface area contributed by atoms with Gasteiger partial charge in [0.2, 0.25) is 0 Å². The molecular formula is C8H11Br2Cl2NO4. The third kappa shape index (κ3) is 3.74. The van der Waals surface area contributed by atoms with E-state index in [0.29, 0.717) is 4.48 Å². The lowest BCUT2D eigenvalue weighted by Gasteiger charge is -2.38. The Balaban J connectivity index is 0. The molecule has 1 aliphatic rings. The van der Waals surface area contributed by atoms with Gasteiger partial charge in [-0.2, -0.15) is 0 Å². The molecule has 0 fully saturated rings. The van der Waals surface area contributed by atoms with E-state index in [-0.39, 0.29) is 31.2 Å². The number of hydrogen-bond donors (Lipinski definition) is 2. The Hall–Kier alpha value is 0.0200. The summed E-state index contributed by atoms with van der Waals surface area (Å²) in [6.07, 6.45) is 1.67. The zero-order chi connectivity index (χ0) is 11.8. The SMILES string of the molecule is CN1C=C(Br)CC(Br)(C(=O)O)C1C(=O)O.Cl.Cl. The third-order valence-electron chi connectivity index (χ3n) is 2.20. The maximum Gasteiger partial charge on any atom is 0.328 e. The smallest absolute Gasteiger partial charge is 0.328 e. The van der Waals surface area contributed by atoms with Gasteiger partial charge in [-0.05, 0) is 0 Å². The summed E-state index contributed by atoms with van der Waals surface area (Å²) in [6, 6.07) is -1.13. The number of hydrogen-bond acceptors (Lipinski definition) is 3. The lowest BCUT2D eigenvalue weighted by Crippen LogP contribution is -2.57. The van der Waals surface area contributed by atoms with Crippen LogP contribution in [0.5, 0.6) is 0 Å². The largest absolute Gasteiger partial charge is 0.480 e. The molecule has 2 atom stereocenters. The van der Waals surface area contributed by atoms with E-state index in [1.54, 1.807) is 6.20 Å². The number of allylic oxidation sites excluding steroid dienone is 1. The molecule has 1 rings (SSSR count). The van der Waals surface area contributed by atoms with Crippen molar-refractivity contribution in [3.8, 4) is 0 Å². The summed E-state index contributed by atoms with van der Waals surface area (Å²) < 4.78 is -0.858. The molecule has 0 radical (unpaired) electrons. The van der Waals surface area contributed by atoms with Crippen molar-refractivity contribution >= 4 is 68.6 Å². The number of likely N-dealkylation sites (N-methyl/N-ethyl adjacent to an activating group) is 1. The molecule has 9 heteroatoms. The molecule has 0 spiro atoms. The normalized spacial score (nSPS) is 27.4. The van der Waals surface area contributed by atoms with Gasteiger partial charge in [0.05, 0.1) is 0 Å². The summed E-state index contributed by atoms with van der Waals surface area (Å²) in [5, 5.41) is 18.1. The molecule has 1 heterocycles. The van der Waals surface area contributed by atoms with Crippen molar-refractivity contribution in [1.82, 2.24) is 4.90 Å². The highest BCUT2D eigenvalue weighted by Crippen LogP contribution is 2.39. The Morgan fingerprint density at radius 1 is 1.47 bits per heavy atom. The van der Waals surface area contributed by atoms with Crippen molar-refractivity contribution < 1.29 is 19.8 Å². The molecule has 0 saturated heterocycles. The van der Waals surface area contributed by atoms with Gasteiger partial charge < -0.3 is 15.1 Å². The maximum atomic E-state index is 11.1. The van der Waals surface area contributed by atoms with Crippen LogP contribution in [0.15, 0.2) is 10.7 Å². The van der Waals surface area contributed by atoms with E-state index in [2.05, 4.69) is 31.9 Å². The summed E-state index contributed by atoms with van der Waals surface area (Å²) in [5.74, 6) is -2.36. The molecule has 0 aromatic heterocycles. The van der Waals surface area contributed by atoms with Crippen LogP contribution in [0.2, 0.25) is 0 Å². The Morgan fingerprint density at radius 3 is 2.29 bits per heavy atom. The first-order valence-corrected chi connectivity index (χ1v) is 5.61. The fraction of sp³-hybridized carbons (Fsp3) is 0.500. The second kappa shape index (κ2) is 6.82. The zero-order valence-electron chi connectivity index (χ0n) is 8.59. The molecule has 17 heavy (non-hydrogen) atoms. The first-order chi connectivity index (χ1) is 6.79. The van der Waals surface area contributed by atoms with Crippen molar-refractivity contribution in [2.24, 2.45) is 0 Å². The van der Waals surface area contributed by atoms with Crippen molar-refractivity contribution in [3.63, 3.8) is 0 Å². The predicted molar refractivity (Wildman–Crippen MR) is 74.6 cm³/mol. The molecule has 1 aliphatic heterocycles. The van der Waals surface area contributed by atoms with Gasteiger partial charge in [-0.3, -0.25) is 4.79 Å². The topological polar surface area (TPSA) is 77.8 Å². The van der Waals surface area contributed by atoms with Gasteiger partial charge in [0.25, 0.3) is 0 Å². The summed E-state index contributed by atoms with van der Waals surface area (Å²) in [7, 11) is 1.53. The standard InChI is InChI=1S/C8H9Br2NO4.2ClH/c1-11-3-4(9)2-8(10,7(14)15)5(11)6(12)13;;/h3,5H,2H2,1H3,(H,12,13)(H,14,15);2*1H. The van der Waals surface area contributed by atoms with Crippen LogP contribution < -0.4 is 0 Å². The minimum absolute atomic E-state index is 0. The summed E-state index contributed by atoms with van der Waals surface area (Å²) in [4.78, 5) is 23.5. The molecular weight excluding hydrogens is 405 g/mol. The molecule has 100 valence electrons. The lowest BCUT2D eigenvalue weighted by molar-refractivity contribution is -0.151. The Morgan fingerprint density at radius 2 is 1.94 bits per heavy atom. The molecule has 5 nitrogen and oxygen atoms in total. The van der Waals surface area contributed by atoms with Gasteiger partial charge in [-0.15, -0.1) is 24.8 Å². The van der Waals surface area contributed by atoms with Gasteiger partial charge >= 0.3 is 11.9 Å². The zero-order valence-corrected chi connectivity index (χ0v) is 13.4. The van der Waals surface area contributed by atoms with E-state index in [9.17, 15) is 9.59 Å². The van der Waals surface area contributed by atoms with Gasteiger partial charge in [0.15, 0.2) is 10.4 Å². The Bertz CT molecular complexity index is 352. The molecule has 0 aromatic carbocycles. The van der Waals surface area contributed by atoms with Crippen LogP contribution in [-0.2, 0) is 9.59 Å². The summed E-state index contributed by atoms with van der Waals surface area (Å²) in [5.41, 5.74) is 0. The summed E-state index contributed by atoms with van der Waals surface area (Å²) >= 11 is 6.20. The van der Waals surface area contributed by atoms with Crippen molar-refractivity contribution in [3.05, 3.63) is 10.7 Å². The van der Waals surface area contributed by atoms with Crippen LogP contribution in [0.4, 0.5) is 0 Å². The van der Waals surface area contributed by atoms with Crippen molar-refractivity contribution in [2.75, 3.05) is 7.05 Å².